The lowest BCUT2D eigenvalue weighted by atomic mass is 10.2. The highest BCUT2D eigenvalue weighted by molar-refractivity contribution is 7.92. The van der Waals surface area contributed by atoms with Gasteiger partial charge in [0.2, 0.25) is 5.91 Å². The Hall–Kier alpha value is -2.09. The van der Waals surface area contributed by atoms with Gasteiger partial charge < -0.3 is 15.1 Å². The number of sulfone groups is 1. The van der Waals surface area contributed by atoms with Crippen molar-refractivity contribution in [1.29, 1.82) is 0 Å². The maximum atomic E-state index is 12.6. The van der Waals surface area contributed by atoms with Crippen molar-refractivity contribution in [2.45, 2.75) is 18.7 Å². The molecule has 0 unspecified atom stereocenters. The number of benzene rings is 2. The van der Waals surface area contributed by atoms with E-state index in [1.165, 1.54) is 12.1 Å². The van der Waals surface area contributed by atoms with Crippen LogP contribution < -0.4 is 10.2 Å². The first-order valence-electron chi connectivity index (χ1n) is 9.64. The number of nitrogens with zero attached hydrogens (tertiary/aromatic N) is 2. The van der Waals surface area contributed by atoms with Crippen molar-refractivity contribution in [1.82, 2.24) is 4.90 Å². The number of piperazine rings is 1. The molecule has 0 aliphatic carbocycles. The summed E-state index contributed by atoms with van der Waals surface area (Å²) in [6.45, 7) is 8.57. The number of nitrogens with one attached hydrogen (secondary N) is 1. The molecule has 0 spiro atoms. The van der Waals surface area contributed by atoms with E-state index in [-0.39, 0.29) is 4.90 Å². The lowest BCUT2D eigenvalue weighted by Crippen LogP contribution is -2.46. The molecule has 0 atom stereocenters. The Morgan fingerprint density at radius 3 is 2.34 bits per heavy atom. The molecule has 1 heterocycles. The van der Waals surface area contributed by atoms with Crippen LogP contribution in [0.4, 0.5) is 11.4 Å². The molecule has 1 aliphatic rings. The minimum Gasteiger partial charge on any atom is -0.367 e. The average Bonchev–Trinajstić information content (AvgIpc) is 2.68. The summed E-state index contributed by atoms with van der Waals surface area (Å²) in [5.74, 6) is -1.20. The van der Waals surface area contributed by atoms with Crippen molar-refractivity contribution in [3.8, 4) is 0 Å². The number of halogens is 1. The minimum absolute atomic E-state index is 0.139. The van der Waals surface area contributed by atoms with Gasteiger partial charge in [-0.2, -0.15) is 0 Å². The van der Waals surface area contributed by atoms with Crippen LogP contribution in [0.25, 0.3) is 0 Å². The Bertz CT molecular complexity index is 969. The second-order valence-corrected chi connectivity index (χ2v) is 9.63. The van der Waals surface area contributed by atoms with Crippen molar-refractivity contribution in [2.24, 2.45) is 0 Å². The van der Waals surface area contributed by atoms with Crippen LogP contribution in [-0.2, 0) is 14.6 Å². The summed E-state index contributed by atoms with van der Waals surface area (Å²) in [4.78, 5) is 17.2. The molecule has 29 heavy (non-hydrogen) atoms. The van der Waals surface area contributed by atoms with Crippen LogP contribution >= 0.6 is 11.6 Å². The summed E-state index contributed by atoms with van der Waals surface area (Å²) in [5, 5.41) is 3.24. The lowest BCUT2D eigenvalue weighted by Gasteiger charge is -2.36. The molecule has 1 saturated heterocycles. The van der Waals surface area contributed by atoms with Crippen LogP contribution in [0.5, 0.6) is 0 Å². The fourth-order valence-corrected chi connectivity index (χ4v) is 4.68. The van der Waals surface area contributed by atoms with Crippen molar-refractivity contribution in [2.75, 3.05) is 48.7 Å². The summed E-state index contributed by atoms with van der Waals surface area (Å²) in [6.07, 6.45) is 0. The molecular weight excluding hydrogens is 410 g/mol. The number of hydrogen-bond acceptors (Lipinski definition) is 5. The Morgan fingerprint density at radius 2 is 1.72 bits per heavy atom. The summed E-state index contributed by atoms with van der Waals surface area (Å²) < 4.78 is 25.1. The second kappa shape index (κ2) is 9.15. The third kappa shape index (κ3) is 5.50. The number of aryl methyl sites for hydroxylation is 1. The molecule has 2 aromatic carbocycles. The zero-order valence-corrected chi connectivity index (χ0v) is 18.3. The zero-order chi connectivity index (χ0) is 21.0. The van der Waals surface area contributed by atoms with Gasteiger partial charge in [-0.05, 0) is 43.8 Å². The van der Waals surface area contributed by atoms with Gasteiger partial charge in [-0.3, -0.25) is 4.79 Å². The zero-order valence-electron chi connectivity index (χ0n) is 16.7. The van der Waals surface area contributed by atoms with E-state index >= 15 is 0 Å². The van der Waals surface area contributed by atoms with E-state index in [0.29, 0.717) is 10.7 Å². The van der Waals surface area contributed by atoms with E-state index in [1.807, 2.05) is 13.0 Å². The molecule has 0 aromatic heterocycles. The number of carbonyl (C=O) groups excluding carboxylic acids is 1. The van der Waals surface area contributed by atoms with Gasteiger partial charge in [0.05, 0.1) is 16.3 Å². The molecule has 0 saturated carbocycles. The first-order chi connectivity index (χ1) is 13.8. The predicted octanol–water partition coefficient (Wildman–Crippen LogP) is 3.20. The van der Waals surface area contributed by atoms with Crippen LogP contribution in [0.15, 0.2) is 47.4 Å². The number of carbonyl (C=O) groups is 1. The van der Waals surface area contributed by atoms with Crippen LogP contribution in [0.3, 0.4) is 0 Å². The molecule has 0 radical (unpaired) electrons. The van der Waals surface area contributed by atoms with Crippen molar-refractivity contribution < 1.29 is 13.2 Å². The Morgan fingerprint density at radius 1 is 1.07 bits per heavy atom. The molecule has 2 aromatic rings. The minimum atomic E-state index is -3.72. The maximum Gasteiger partial charge on any atom is 0.240 e. The maximum absolute atomic E-state index is 12.6. The van der Waals surface area contributed by atoms with Crippen LogP contribution in [0.1, 0.15) is 12.5 Å². The number of likely N-dealkylation sites (N-methyl/N-ethyl adjacent to an activating group) is 1. The predicted molar refractivity (Wildman–Crippen MR) is 118 cm³/mol. The molecule has 1 N–H and O–H groups in total. The van der Waals surface area contributed by atoms with Crippen LogP contribution in [0.2, 0.25) is 5.02 Å². The smallest absolute Gasteiger partial charge is 0.240 e. The Labute approximate surface area is 177 Å². The van der Waals surface area contributed by atoms with E-state index < -0.39 is 21.5 Å². The van der Waals surface area contributed by atoms with Gasteiger partial charge in [-0.25, -0.2) is 8.42 Å². The van der Waals surface area contributed by atoms with Gasteiger partial charge in [0.1, 0.15) is 5.75 Å². The van der Waals surface area contributed by atoms with E-state index in [2.05, 4.69) is 22.0 Å². The van der Waals surface area contributed by atoms with Crippen molar-refractivity contribution in [3.63, 3.8) is 0 Å². The van der Waals surface area contributed by atoms with E-state index in [9.17, 15) is 13.2 Å². The topological polar surface area (TPSA) is 69.7 Å². The van der Waals surface area contributed by atoms with E-state index in [0.717, 1.165) is 44.0 Å². The molecule has 6 nitrogen and oxygen atoms in total. The van der Waals surface area contributed by atoms with Gasteiger partial charge in [0.25, 0.3) is 0 Å². The second-order valence-electron chi connectivity index (χ2n) is 7.20. The fourth-order valence-electron chi connectivity index (χ4n) is 3.38. The molecule has 0 bridgehead atoms. The average molecular weight is 436 g/mol. The van der Waals surface area contributed by atoms with Crippen molar-refractivity contribution >= 4 is 38.7 Å². The normalized spacial score (nSPS) is 15.3. The van der Waals surface area contributed by atoms with Crippen molar-refractivity contribution in [3.05, 3.63) is 53.1 Å². The summed E-state index contributed by atoms with van der Waals surface area (Å²) in [7, 11) is -3.72. The highest BCUT2D eigenvalue weighted by atomic mass is 35.5. The first-order valence-corrected chi connectivity index (χ1v) is 11.7. The third-order valence-electron chi connectivity index (χ3n) is 5.09. The number of amides is 1. The SMILES string of the molecule is CCN1CCN(c2ccc(Cl)cc2NC(=O)CS(=O)(=O)c2ccc(C)cc2)CC1. The van der Waals surface area contributed by atoms with Gasteiger partial charge in [0.15, 0.2) is 9.84 Å². The van der Waals surface area contributed by atoms with Crippen LogP contribution in [-0.4, -0.2) is 57.7 Å². The standard InChI is InChI=1S/C21H26ClN3O3S/c1-3-24-10-12-25(13-11-24)20-9-6-17(22)14-19(20)23-21(26)15-29(27,28)18-7-4-16(2)5-8-18/h4-9,14H,3,10-13,15H2,1-2H3,(H,23,26). The highest BCUT2D eigenvalue weighted by Crippen LogP contribution is 2.30. The molecule has 3 rings (SSSR count). The molecule has 1 fully saturated rings. The first kappa shape index (κ1) is 21.6. The van der Waals surface area contributed by atoms with Gasteiger partial charge in [-0.15, -0.1) is 0 Å². The summed E-state index contributed by atoms with van der Waals surface area (Å²) in [5.41, 5.74) is 2.35. The van der Waals surface area contributed by atoms with Crippen LogP contribution in [0, 0.1) is 6.92 Å². The summed E-state index contributed by atoms with van der Waals surface area (Å²) >= 11 is 6.13. The Kier molecular flexibility index (Phi) is 6.82. The summed E-state index contributed by atoms with van der Waals surface area (Å²) in [6, 6.07) is 11.8. The molecular formula is C21H26ClN3O3S. The molecule has 156 valence electrons. The van der Waals surface area contributed by atoms with E-state index in [4.69, 9.17) is 11.6 Å². The molecule has 8 heteroatoms. The lowest BCUT2D eigenvalue weighted by molar-refractivity contribution is -0.113. The van der Waals surface area contributed by atoms with Gasteiger partial charge in [-0.1, -0.05) is 36.2 Å². The number of rotatable bonds is 6. The Balaban J connectivity index is 1.74. The quantitative estimate of drug-likeness (QED) is 0.754. The fraction of sp³-hybridized carbons (Fsp3) is 0.381. The third-order valence-corrected chi connectivity index (χ3v) is 6.96. The monoisotopic (exact) mass is 435 g/mol. The van der Waals surface area contributed by atoms with E-state index in [1.54, 1.807) is 24.3 Å². The number of hydrogen-bond donors (Lipinski definition) is 1. The highest BCUT2D eigenvalue weighted by Gasteiger charge is 2.22. The van der Waals surface area contributed by atoms with Gasteiger partial charge in [0, 0.05) is 31.2 Å². The molecule has 1 amide bonds. The number of anilines is 2. The molecule has 1 aliphatic heterocycles. The van der Waals surface area contributed by atoms with Gasteiger partial charge >= 0.3 is 0 Å². The largest absolute Gasteiger partial charge is 0.367 e.